The number of carbonyl (C=O) groups excluding carboxylic acids is 3. The van der Waals surface area contributed by atoms with Crippen LogP contribution in [0.5, 0.6) is 0 Å². The highest BCUT2D eigenvalue weighted by Gasteiger charge is 2.44. The first kappa shape index (κ1) is 20.1. The van der Waals surface area contributed by atoms with Gasteiger partial charge < -0.3 is 25.4 Å². The number of carbonyl (C=O) groups is 3. The van der Waals surface area contributed by atoms with Crippen molar-refractivity contribution in [1.82, 2.24) is 10.2 Å². The van der Waals surface area contributed by atoms with Gasteiger partial charge in [-0.2, -0.15) is 0 Å². The second kappa shape index (κ2) is 9.05. The standard InChI is InChI=1S/C20H27N3O5/c1-27-19(25)15-11-14(21)7-8-17(15)23-10-9-16(18(23)24)22-20(26)28-12-13-5-3-2-4-6-13/h2-6,14-17H,7-12,21H2,1H3,(H,22,26)/t14-,15+,16+,17+/m1/s1. The van der Waals surface area contributed by atoms with Gasteiger partial charge in [-0.25, -0.2) is 4.79 Å². The summed E-state index contributed by atoms with van der Waals surface area (Å²) in [5.41, 5.74) is 6.87. The van der Waals surface area contributed by atoms with Gasteiger partial charge in [0.15, 0.2) is 0 Å². The zero-order valence-corrected chi connectivity index (χ0v) is 16.0. The Bertz CT molecular complexity index is 711. The minimum atomic E-state index is -0.642. The lowest BCUT2D eigenvalue weighted by Gasteiger charge is -2.38. The van der Waals surface area contributed by atoms with Crippen molar-refractivity contribution in [1.29, 1.82) is 0 Å². The van der Waals surface area contributed by atoms with Crippen LogP contribution in [0.4, 0.5) is 4.79 Å². The summed E-state index contributed by atoms with van der Waals surface area (Å²) in [6.45, 7) is 0.623. The number of alkyl carbamates (subject to hydrolysis) is 1. The van der Waals surface area contributed by atoms with Crippen molar-refractivity contribution in [3.8, 4) is 0 Å². The predicted octanol–water partition coefficient (Wildman–Crippen LogP) is 1.18. The van der Waals surface area contributed by atoms with Crippen LogP contribution in [0.1, 0.15) is 31.2 Å². The van der Waals surface area contributed by atoms with Crippen molar-refractivity contribution in [3.63, 3.8) is 0 Å². The number of likely N-dealkylation sites (tertiary alicyclic amines) is 1. The highest BCUT2D eigenvalue weighted by atomic mass is 16.5. The van der Waals surface area contributed by atoms with Gasteiger partial charge in [-0.05, 0) is 31.2 Å². The Hall–Kier alpha value is -2.61. The van der Waals surface area contributed by atoms with E-state index in [2.05, 4.69) is 5.32 Å². The molecule has 152 valence electrons. The second-order valence-corrected chi connectivity index (χ2v) is 7.35. The molecule has 2 fully saturated rings. The molecular weight excluding hydrogens is 362 g/mol. The average Bonchev–Trinajstić information content (AvgIpc) is 3.06. The number of methoxy groups -OCH3 is 1. The number of hydrogen-bond donors (Lipinski definition) is 2. The van der Waals surface area contributed by atoms with Gasteiger partial charge in [0.2, 0.25) is 5.91 Å². The van der Waals surface area contributed by atoms with Gasteiger partial charge in [0.05, 0.1) is 13.0 Å². The number of nitrogens with two attached hydrogens (primary N) is 1. The van der Waals surface area contributed by atoms with Crippen molar-refractivity contribution in [2.45, 2.75) is 50.4 Å². The third-order valence-electron chi connectivity index (χ3n) is 5.50. The fourth-order valence-electron chi connectivity index (χ4n) is 4.04. The summed E-state index contributed by atoms with van der Waals surface area (Å²) in [6.07, 6.45) is 1.75. The molecule has 3 rings (SSSR count). The molecule has 0 bridgehead atoms. The maximum Gasteiger partial charge on any atom is 0.408 e. The lowest BCUT2D eigenvalue weighted by Crippen LogP contribution is -2.52. The molecule has 2 amide bonds. The van der Waals surface area contributed by atoms with Crippen LogP contribution in [0.25, 0.3) is 0 Å². The summed E-state index contributed by atoms with van der Waals surface area (Å²) >= 11 is 0. The maximum atomic E-state index is 12.8. The van der Waals surface area contributed by atoms with E-state index in [-0.39, 0.29) is 30.6 Å². The number of hydrogen-bond acceptors (Lipinski definition) is 6. The molecule has 28 heavy (non-hydrogen) atoms. The molecule has 2 aliphatic rings. The average molecular weight is 389 g/mol. The Balaban J connectivity index is 1.56. The van der Waals surface area contributed by atoms with Crippen LogP contribution in [0, 0.1) is 5.92 Å². The lowest BCUT2D eigenvalue weighted by atomic mass is 9.81. The molecule has 0 unspecified atom stereocenters. The summed E-state index contributed by atoms with van der Waals surface area (Å²) in [7, 11) is 1.35. The molecule has 1 saturated heterocycles. The third kappa shape index (κ3) is 4.62. The van der Waals surface area contributed by atoms with E-state index >= 15 is 0 Å². The summed E-state index contributed by atoms with van der Waals surface area (Å²) in [6, 6.07) is 8.37. The van der Waals surface area contributed by atoms with Crippen molar-refractivity contribution < 1.29 is 23.9 Å². The van der Waals surface area contributed by atoms with Crippen molar-refractivity contribution in [3.05, 3.63) is 35.9 Å². The van der Waals surface area contributed by atoms with Crippen molar-refractivity contribution >= 4 is 18.0 Å². The van der Waals surface area contributed by atoms with Gasteiger partial charge >= 0.3 is 12.1 Å². The molecule has 1 aliphatic heterocycles. The van der Waals surface area contributed by atoms with Crippen LogP contribution in [-0.4, -0.2) is 54.6 Å². The summed E-state index contributed by atoms with van der Waals surface area (Å²) in [5.74, 6) is -0.959. The Morgan fingerprint density at radius 3 is 2.68 bits per heavy atom. The van der Waals surface area contributed by atoms with E-state index in [1.54, 1.807) is 4.90 Å². The smallest absolute Gasteiger partial charge is 0.408 e. The van der Waals surface area contributed by atoms with Crippen molar-refractivity contribution in [2.75, 3.05) is 13.7 Å². The fraction of sp³-hybridized carbons (Fsp3) is 0.550. The predicted molar refractivity (Wildman–Crippen MR) is 101 cm³/mol. The van der Waals surface area contributed by atoms with Gasteiger partial charge in [-0.1, -0.05) is 30.3 Å². The zero-order valence-electron chi connectivity index (χ0n) is 16.0. The van der Waals surface area contributed by atoms with E-state index in [1.165, 1.54) is 7.11 Å². The van der Waals surface area contributed by atoms with Crippen LogP contribution in [0.3, 0.4) is 0 Å². The van der Waals surface area contributed by atoms with E-state index < -0.39 is 18.1 Å². The van der Waals surface area contributed by atoms with Gasteiger partial charge in [0, 0.05) is 18.6 Å². The number of benzene rings is 1. The number of esters is 1. The molecule has 1 aliphatic carbocycles. The van der Waals surface area contributed by atoms with Crippen LogP contribution in [0.15, 0.2) is 30.3 Å². The maximum absolute atomic E-state index is 12.8. The summed E-state index contributed by atoms with van der Waals surface area (Å²) in [5, 5.41) is 2.64. The molecule has 1 heterocycles. The summed E-state index contributed by atoms with van der Waals surface area (Å²) in [4.78, 5) is 38.7. The van der Waals surface area contributed by atoms with E-state index in [4.69, 9.17) is 15.2 Å². The first-order valence-electron chi connectivity index (χ1n) is 9.60. The lowest BCUT2D eigenvalue weighted by molar-refractivity contribution is -0.151. The van der Waals surface area contributed by atoms with E-state index in [9.17, 15) is 14.4 Å². The topological polar surface area (TPSA) is 111 Å². The van der Waals surface area contributed by atoms with Gasteiger partial charge in [0.1, 0.15) is 12.6 Å². The molecule has 8 nitrogen and oxygen atoms in total. The number of nitrogens with one attached hydrogen (secondary N) is 1. The highest BCUT2D eigenvalue weighted by Crippen LogP contribution is 2.31. The largest absolute Gasteiger partial charge is 0.469 e. The number of rotatable bonds is 5. The molecule has 0 spiro atoms. The van der Waals surface area contributed by atoms with E-state index in [0.717, 1.165) is 12.0 Å². The molecule has 8 heteroatoms. The van der Waals surface area contributed by atoms with E-state index in [0.29, 0.717) is 25.8 Å². The van der Waals surface area contributed by atoms with Gasteiger partial charge in [0.25, 0.3) is 0 Å². The second-order valence-electron chi connectivity index (χ2n) is 7.35. The van der Waals surface area contributed by atoms with Gasteiger partial charge in [-0.15, -0.1) is 0 Å². The van der Waals surface area contributed by atoms with Gasteiger partial charge in [-0.3, -0.25) is 9.59 Å². The molecule has 3 N–H and O–H groups in total. The quantitative estimate of drug-likeness (QED) is 0.732. The Morgan fingerprint density at radius 1 is 1.21 bits per heavy atom. The zero-order chi connectivity index (χ0) is 20.1. The van der Waals surface area contributed by atoms with Crippen LogP contribution < -0.4 is 11.1 Å². The van der Waals surface area contributed by atoms with Crippen LogP contribution in [0.2, 0.25) is 0 Å². The SMILES string of the molecule is COC(=O)[C@H]1C[C@H](N)CC[C@@H]1N1CC[C@H](NC(=O)OCc2ccccc2)C1=O. The molecule has 0 aromatic heterocycles. The molecule has 1 aromatic rings. The highest BCUT2D eigenvalue weighted by molar-refractivity contribution is 5.88. The molecule has 4 atom stereocenters. The minimum Gasteiger partial charge on any atom is -0.469 e. The molecular formula is C20H27N3O5. The number of amides is 2. The number of nitrogens with zero attached hydrogens (tertiary/aromatic N) is 1. The summed E-state index contributed by atoms with van der Waals surface area (Å²) < 4.78 is 10.1. The molecule has 1 saturated carbocycles. The Kier molecular flexibility index (Phi) is 6.51. The Labute approximate surface area is 164 Å². The van der Waals surface area contributed by atoms with Crippen LogP contribution in [-0.2, 0) is 25.7 Å². The molecule has 1 aromatic carbocycles. The minimum absolute atomic E-state index is 0.0695. The van der Waals surface area contributed by atoms with Crippen LogP contribution >= 0.6 is 0 Å². The first-order chi connectivity index (χ1) is 13.5. The fourth-order valence-corrected chi connectivity index (χ4v) is 4.04. The number of ether oxygens (including phenoxy) is 2. The third-order valence-corrected chi connectivity index (χ3v) is 5.50. The first-order valence-corrected chi connectivity index (χ1v) is 9.60. The normalized spacial score (nSPS) is 27.4. The Morgan fingerprint density at radius 2 is 1.96 bits per heavy atom. The molecule has 0 radical (unpaired) electrons. The van der Waals surface area contributed by atoms with Crippen molar-refractivity contribution in [2.24, 2.45) is 11.7 Å². The monoisotopic (exact) mass is 389 g/mol. The van der Waals surface area contributed by atoms with E-state index in [1.807, 2.05) is 30.3 Å².